The highest BCUT2D eigenvalue weighted by atomic mass is 32.1. The van der Waals surface area contributed by atoms with Crippen LogP contribution in [0.1, 0.15) is 29.3 Å². The molecule has 0 radical (unpaired) electrons. The Morgan fingerprint density at radius 3 is 2.66 bits per heavy atom. The van der Waals surface area contributed by atoms with E-state index in [1.54, 1.807) is 29.2 Å². The summed E-state index contributed by atoms with van der Waals surface area (Å²) in [7, 11) is 4.19. The molecule has 1 heterocycles. The second-order valence-corrected chi connectivity index (χ2v) is 8.02. The number of carbonyl (C=O) groups excluding carboxylic acids is 1. The molecule has 1 N–H and O–H groups in total. The maximum absolute atomic E-state index is 13.2. The number of benzene rings is 2. The molecule has 0 saturated heterocycles. The minimum absolute atomic E-state index is 0.104. The van der Waals surface area contributed by atoms with E-state index < -0.39 is 0 Å². The Bertz CT molecular complexity index is 1020. The Labute approximate surface area is 175 Å². The number of aromatic nitrogens is 1. The predicted octanol–water partition coefficient (Wildman–Crippen LogP) is 2.75. The van der Waals surface area contributed by atoms with Crippen LogP contribution in [0.15, 0.2) is 42.5 Å². The number of amides is 1. The van der Waals surface area contributed by atoms with Gasteiger partial charge in [-0.2, -0.15) is 5.26 Å². The van der Waals surface area contributed by atoms with Crippen molar-refractivity contribution in [1.29, 1.82) is 5.26 Å². The molecule has 1 aromatic heterocycles. The van der Waals surface area contributed by atoms with E-state index in [-0.39, 0.29) is 5.91 Å². The molecule has 0 unspecified atom stereocenters. The van der Waals surface area contributed by atoms with Crippen LogP contribution in [0.2, 0.25) is 0 Å². The van der Waals surface area contributed by atoms with Gasteiger partial charge in [-0.15, -0.1) is 0 Å². The van der Waals surface area contributed by atoms with Crippen LogP contribution < -0.4 is 14.5 Å². The Balaban J connectivity index is 1.92. The number of carbonyl (C=O) groups is 1. The molecule has 0 aliphatic rings. The van der Waals surface area contributed by atoms with Crippen molar-refractivity contribution in [2.75, 3.05) is 38.7 Å². The summed E-state index contributed by atoms with van der Waals surface area (Å²) in [5, 5.41) is 9.67. The van der Waals surface area contributed by atoms with E-state index in [2.05, 4.69) is 20.2 Å². The summed E-state index contributed by atoms with van der Waals surface area (Å²) in [6.07, 6.45) is 0.866. The largest absolute Gasteiger partial charge is 0.494 e. The lowest BCUT2D eigenvalue weighted by Crippen LogP contribution is -3.05. The van der Waals surface area contributed by atoms with Crippen LogP contribution in [0.3, 0.4) is 0 Å². The Kier molecular flexibility index (Phi) is 6.81. The van der Waals surface area contributed by atoms with Crippen LogP contribution in [0, 0.1) is 11.3 Å². The average molecular weight is 410 g/mol. The van der Waals surface area contributed by atoms with Crippen LogP contribution in [0.4, 0.5) is 5.13 Å². The van der Waals surface area contributed by atoms with E-state index in [1.165, 1.54) is 16.2 Å². The summed E-state index contributed by atoms with van der Waals surface area (Å²) in [4.78, 5) is 21.0. The first kappa shape index (κ1) is 20.8. The van der Waals surface area contributed by atoms with Crippen molar-refractivity contribution in [2.45, 2.75) is 13.3 Å². The Hall–Kier alpha value is -2.95. The van der Waals surface area contributed by atoms with E-state index >= 15 is 0 Å². The molecule has 3 rings (SSSR count). The molecule has 0 aliphatic carbocycles. The third kappa shape index (κ3) is 5.11. The van der Waals surface area contributed by atoms with Crippen molar-refractivity contribution in [2.24, 2.45) is 0 Å². The number of nitrogens with one attached hydrogen (secondary N) is 1. The van der Waals surface area contributed by atoms with Gasteiger partial charge in [0.05, 0.1) is 49.1 Å². The zero-order chi connectivity index (χ0) is 20.8. The van der Waals surface area contributed by atoms with Gasteiger partial charge in [0.15, 0.2) is 5.13 Å². The summed E-state index contributed by atoms with van der Waals surface area (Å²) in [5.74, 6) is 0.698. The zero-order valence-corrected chi connectivity index (χ0v) is 17.8. The number of nitrogens with zero attached hydrogens (tertiary/aromatic N) is 3. The number of anilines is 1. The first-order chi connectivity index (χ1) is 14.0. The van der Waals surface area contributed by atoms with Crippen LogP contribution in [-0.4, -0.2) is 44.7 Å². The fourth-order valence-corrected chi connectivity index (χ4v) is 4.00. The molecular weight excluding hydrogens is 384 g/mol. The molecule has 0 fully saturated rings. The predicted molar refractivity (Wildman–Crippen MR) is 116 cm³/mol. The van der Waals surface area contributed by atoms with Gasteiger partial charge in [-0.3, -0.25) is 9.69 Å². The smallest absolute Gasteiger partial charge is 0.260 e. The zero-order valence-electron chi connectivity index (χ0n) is 16.9. The van der Waals surface area contributed by atoms with Crippen LogP contribution in [0.5, 0.6) is 5.75 Å². The molecule has 0 spiro atoms. The third-order valence-electron chi connectivity index (χ3n) is 4.46. The summed E-state index contributed by atoms with van der Waals surface area (Å²) in [6, 6.07) is 14.6. The van der Waals surface area contributed by atoms with E-state index in [0.717, 1.165) is 28.9 Å². The first-order valence-corrected chi connectivity index (χ1v) is 10.5. The fourth-order valence-electron chi connectivity index (χ4n) is 2.98. The van der Waals surface area contributed by atoms with Crippen molar-refractivity contribution >= 4 is 32.6 Å². The first-order valence-electron chi connectivity index (χ1n) is 9.66. The van der Waals surface area contributed by atoms with Gasteiger partial charge in [0.25, 0.3) is 5.91 Å². The van der Waals surface area contributed by atoms with Gasteiger partial charge >= 0.3 is 0 Å². The topological polar surface area (TPSA) is 70.7 Å². The van der Waals surface area contributed by atoms with Crippen LogP contribution in [0.25, 0.3) is 10.2 Å². The lowest BCUT2D eigenvalue weighted by atomic mass is 10.1. The highest BCUT2D eigenvalue weighted by molar-refractivity contribution is 7.22. The van der Waals surface area contributed by atoms with Crippen molar-refractivity contribution in [3.8, 4) is 11.8 Å². The molecule has 2 aromatic carbocycles. The third-order valence-corrected chi connectivity index (χ3v) is 5.50. The van der Waals surface area contributed by atoms with E-state index in [1.807, 2.05) is 25.1 Å². The van der Waals surface area contributed by atoms with E-state index in [4.69, 9.17) is 15.0 Å². The Morgan fingerprint density at radius 1 is 1.24 bits per heavy atom. The van der Waals surface area contributed by atoms with Gasteiger partial charge in [0, 0.05) is 18.5 Å². The number of ether oxygens (including phenoxy) is 1. The summed E-state index contributed by atoms with van der Waals surface area (Å²) < 4.78 is 6.57. The van der Waals surface area contributed by atoms with Gasteiger partial charge in [-0.05, 0) is 49.4 Å². The number of hydrogen-bond acceptors (Lipinski definition) is 5. The molecule has 0 atom stereocenters. The van der Waals surface area contributed by atoms with Crippen molar-refractivity contribution in [1.82, 2.24) is 4.98 Å². The number of nitriles is 1. The quantitative estimate of drug-likeness (QED) is 0.621. The Morgan fingerprint density at radius 2 is 2.00 bits per heavy atom. The summed E-state index contributed by atoms with van der Waals surface area (Å²) in [6.45, 7) is 4.10. The summed E-state index contributed by atoms with van der Waals surface area (Å²) in [5.41, 5.74) is 1.94. The molecule has 0 saturated carbocycles. The second kappa shape index (κ2) is 9.50. The molecular formula is C22H25N4O2S+. The maximum atomic E-state index is 13.2. The molecule has 3 aromatic rings. The molecule has 150 valence electrons. The molecule has 1 amide bonds. The molecule has 6 nitrogen and oxygen atoms in total. The average Bonchev–Trinajstić information content (AvgIpc) is 3.14. The van der Waals surface area contributed by atoms with Gasteiger partial charge in [-0.1, -0.05) is 11.3 Å². The van der Waals surface area contributed by atoms with Gasteiger partial charge < -0.3 is 9.64 Å². The molecule has 29 heavy (non-hydrogen) atoms. The molecule has 0 bridgehead atoms. The number of rotatable bonds is 8. The minimum atomic E-state index is -0.104. The maximum Gasteiger partial charge on any atom is 0.260 e. The molecule has 0 aliphatic heterocycles. The van der Waals surface area contributed by atoms with Gasteiger partial charge in [0.2, 0.25) is 0 Å². The SMILES string of the molecule is CCOc1ccc2nc(N(CCC[NH+](C)C)C(=O)c3ccc(C#N)cc3)sc2c1. The standard InChI is InChI=1S/C22H24N4O2S/c1-4-28-18-10-11-19-20(14-18)29-22(24-19)26(13-5-12-25(2)3)21(27)17-8-6-16(15-23)7-9-17/h6-11,14H,4-5,12-13H2,1-3H3/p+1. The second-order valence-electron chi connectivity index (χ2n) is 7.02. The number of fused-ring (bicyclic) bond motifs is 1. The highest BCUT2D eigenvalue weighted by Crippen LogP contribution is 2.32. The number of hydrogen-bond donors (Lipinski definition) is 1. The van der Waals surface area contributed by atoms with Crippen molar-refractivity contribution in [3.05, 3.63) is 53.6 Å². The number of thiazole rings is 1. The fraction of sp³-hybridized carbons (Fsp3) is 0.318. The highest BCUT2D eigenvalue weighted by Gasteiger charge is 2.21. The van der Waals surface area contributed by atoms with Gasteiger partial charge in [-0.25, -0.2) is 4.98 Å². The van der Waals surface area contributed by atoms with Crippen LogP contribution >= 0.6 is 11.3 Å². The minimum Gasteiger partial charge on any atom is -0.494 e. The van der Waals surface area contributed by atoms with E-state index in [9.17, 15) is 4.79 Å². The van der Waals surface area contributed by atoms with Crippen molar-refractivity contribution < 1.29 is 14.4 Å². The monoisotopic (exact) mass is 409 g/mol. The summed E-state index contributed by atoms with van der Waals surface area (Å²) >= 11 is 1.49. The van der Waals surface area contributed by atoms with Gasteiger partial charge in [0.1, 0.15) is 5.75 Å². The molecule has 7 heteroatoms. The van der Waals surface area contributed by atoms with E-state index in [0.29, 0.717) is 29.4 Å². The van der Waals surface area contributed by atoms with Crippen molar-refractivity contribution in [3.63, 3.8) is 0 Å². The number of quaternary nitrogens is 1. The lowest BCUT2D eigenvalue weighted by Gasteiger charge is -2.20. The normalized spacial score (nSPS) is 10.9. The lowest BCUT2D eigenvalue weighted by molar-refractivity contribution is -0.858. The van der Waals surface area contributed by atoms with Crippen LogP contribution in [-0.2, 0) is 0 Å².